The van der Waals surface area contributed by atoms with Gasteiger partial charge in [-0.3, -0.25) is 9.59 Å². The van der Waals surface area contributed by atoms with Gasteiger partial charge in [0.15, 0.2) is 6.29 Å². The molecule has 0 aromatic carbocycles. The van der Waals surface area contributed by atoms with Gasteiger partial charge in [0.25, 0.3) is 0 Å². The summed E-state index contributed by atoms with van der Waals surface area (Å²) < 4.78 is 4.88. The standard InChI is InChI=1S/C16H29O3/c1-16(18)19-15-13-11-9-7-5-3-2-4-6-8-10-12-14-17/h2-13,15H2,1H3. The molecule has 0 unspecified atom stereocenters. The van der Waals surface area contributed by atoms with E-state index >= 15 is 0 Å². The number of unbranched alkanes of at least 4 members (excludes halogenated alkanes) is 11. The molecule has 0 bridgehead atoms. The molecule has 0 saturated heterocycles. The maximum atomic E-state index is 10.5. The molecule has 19 heavy (non-hydrogen) atoms. The lowest BCUT2D eigenvalue weighted by Gasteiger charge is -2.03. The van der Waals surface area contributed by atoms with Crippen LogP contribution >= 0.6 is 0 Å². The van der Waals surface area contributed by atoms with E-state index in [1.54, 1.807) is 0 Å². The molecule has 0 aliphatic heterocycles. The Morgan fingerprint density at radius 1 is 0.789 bits per heavy atom. The third-order valence-electron chi connectivity index (χ3n) is 3.23. The molecule has 0 aromatic heterocycles. The van der Waals surface area contributed by atoms with Crippen molar-refractivity contribution in [2.75, 3.05) is 6.61 Å². The first-order valence-electron chi connectivity index (χ1n) is 7.75. The van der Waals surface area contributed by atoms with Crippen molar-refractivity contribution >= 4 is 12.3 Å². The largest absolute Gasteiger partial charge is 0.466 e. The Morgan fingerprint density at radius 2 is 1.21 bits per heavy atom. The van der Waals surface area contributed by atoms with Crippen molar-refractivity contribution in [1.82, 2.24) is 0 Å². The summed E-state index contributed by atoms with van der Waals surface area (Å²) in [6, 6.07) is 0. The number of hydrogen-bond acceptors (Lipinski definition) is 3. The average Bonchev–Trinajstić information content (AvgIpc) is 2.39. The molecule has 0 N–H and O–H groups in total. The SMILES string of the molecule is CC(=O)OCCCCCCCCCCCCC[C]=O. The van der Waals surface area contributed by atoms with E-state index in [1.165, 1.54) is 58.3 Å². The highest BCUT2D eigenvalue weighted by atomic mass is 16.5. The molecule has 0 spiro atoms. The van der Waals surface area contributed by atoms with Gasteiger partial charge in [-0.1, -0.05) is 57.8 Å². The van der Waals surface area contributed by atoms with Gasteiger partial charge in [-0.25, -0.2) is 0 Å². The van der Waals surface area contributed by atoms with E-state index in [0.29, 0.717) is 13.0 Å². The zero-order valence-electron chi connectivity index (χ0n) is 12.4. The molecule has 0 amide bonds. The summed E-state index contributed by atoms with van der Waals surface area (Å²) in [5, 5.41) is 0. The van der Waals surface area contributed by atoms with Crippen molar-refractivity contribution in [3.05, 3.63) is 0 Å². The molecule has 0 saturated carbocycles. The summed E-state index contributed by atoms with van der Waals surface area (Å²) in [6.45, 7) is 2.03. The second-order valence-electron chi connectivity index (χ2n) is 5.12. The van der Waals surface area contributed by atoms with Gasteiger partial charge in [0.1, 0.15) is 0 Å². The van der Waals surface area contributed by atoms with Gasteiger partial charge in [-0.05, 0) is 12.8 Å². The summed E-state index contributed by atoms with van der Waals surface area (Å²) in [5.74, 6) is -0.175. The van der Waals surface area contributed by atoms with E-state index < -0.39 is 0 Å². The van der Waals surface area contributed by atoms with Crippen LogP contribution in [-0.2, 0) is 14.3 Å². The number of rotatable bonds is 14. The second-order valence-corrected chi connectivity index (χ2v) is 5.12. The summed E-state index contributed by atoms with van der Waals surface area (Å²) in [6.07, 6.45) is 15.9. The number of hydrogen-bond donors (Lipinski definition) is 0. The molecule has 0 fully saturated rings. The van der Waals surface area contributed by atoms with Crippen LogP contribution in [0.25, 0.3) is 0 Å². The van der Waals surface area contributed by atoms with Crippen molar-refractivity contribution in [2.45, 2.75) is 84.0 Å². The van der Waals surface area contributed by atoms with Crippen LogP contribution in [0.2, 0.25) is 0 Å². The van der Waals surface area contributed by atoms with Gasteiger partial charge >= 0.3 is 5.97 Å². The maximum absolute atomic E-state index is 10.5. The molecule has 3 nitrogen and oxygen atoms in total. The minimum absolute atomic E-state index is 0.175. The topological polar surface area (TPSA) is 43.4 Å². The van der Waals surface area contributed by atoms with Gasteiger partial charge in [0, 0.05) is 13.3 Å². The Balaban J connectivity index is 2.95. The lowest BCUT2D eigenvalue weighted by atomic mass is 10.1. The van der Waals surface area contributed by atoms with E-state index in [2.05, 4.69) is 0 Å². The fourth-order valence-electron chi connectivity index (χ4n) is 2.11. The molecule has 0 rings (SSSR count). The summed E-state index contributed by atoms with van der Waals surface area (Å²) in [4.78, 5) is 20.5. The molecule has 0 heterocycles. The molecular formula is C16H29O3. The van der Waals surface area contributed by atoms with E-state index in [0.717, 1.165) is 19.3 Å². The molecular weight excluding hydrogens is 240 g/mol. The maximum Gasteiger partial charge on any atom is 0.302 e. The van der Waals surface area contributed by atoms with Crippen molar-refractivity contribution < 1.29 is 14.3 Å². The smallest absolute Gasteiger partial charge is 0.302 e. The Morgan fingerprint density at radius 3 is 1.63 bits per heavy atom. The summed E-state index contributed by atoms with van der Waals surface area (Å²) in [5.41, 5.74) is 0. The molecule has 0 atom stereocenters. The Labute approximate surface area is 118 Å². The predicted octanol–water partition coefficient (Wildman–Crippen LogP) is 4.34. The number of ether oxygens (including phenoxy) is 1. The van der Waals surface area contributed by atoms with Crippen molar-refractivity contribution in [3.63, 3.8) is 0 Å². The van der Waals surface area contributed by atoms with Crippen molar-refractivity contribution in [3.8, 4) is 0 Å². The van der Waals surface area contributed by atoms with Gasteiger partial charge in [0.2, 0.25) is 0 Å². The van der Waals surface area contributed by atoms with Crippen LogP contribution in [0.3, 0.4) is 0 Å². The van der Waals surface area contributed by atoms with Crippen LogP contribution in [-0.4, -0.2) is 18.9 Å². The Bertz CT molecular complexity index is 214. The number of carbonyl (C=O) groups excluding carboxylic acids is 2. The van der Waals surface area contributed by atoms with Gasteiger partial charge in [-0.2, -0.15) is 0 Å². The third-order valence-corrected chi connectivity index (χ3v) is 3.23. The molecule has 111 valence electrons. The third kappa shape index (κ3) is 17.1. The van der Waals surface area contributed by atoms with Crippen LogP contribution in [0, 0.1) is 0 Å². The van der Waals surface area contributed by atoms with Crippen LogP contribution in [0.1, 0.15) is 84.0 Å². The summed E-state index contributed by atoms with van der Waals surface area (Å²) in [7, 11) is 0. The Hall–Kier alpha value is -0.860. The number of carbonyl (C=O) groups is 1. The highest BCUT2D eigenvalue weighted by Crippen LogP contribution is 2.11. The number of esters is 1. The summed E-state index contributed by atoms with van der Waals surface area (Å²) >= 11 is 0. The predicted molar refractivity (Wildman–Crippen MR) is 77.7 cm³/mol. The fraction of sp³-hybridized carbons (Fsp3) is 0.875. The zero-order valence-corrected chi connectivity index (χ0v) is 12.4. The fourth-order valence-corrected chi connectivity index (χ4v) is 2.11. The van der Waals surface area contributed by atoms with E-state index in [-0.39, 0.29) is 5.97 Å². The highest BCUT2D eigenvalue weighted by Gasteiger charge is 1.95. The van der Waals surface area contributed by atoms with E-state index in [9.17, 15) is 9.59 Å². The highest BCUT2D eigenvalue weighted by molar-refractivity contribution is 5.65. The first-order chi connectivity index (χ1) is 9.27. The van der Waals surface area contributed by atoms with Crippen LogP contribution in [0.4, 0.5) is 0 Å². The minimum Gasteiger partial charge on any atom is -0.466 e. The van der Waals surface area contributed by atoms with Crippen LogP contribution < -0.4 is 0 Å². The molecule has 1 radical (unpaired) electrons. The van der Waals surface area contributed by atoms with Gasteiger partial charge in [-0.15, -0.1) is 0 Å². The van der Waals surface area contributed by atoms with E-state index in [1.807, 2.05) is 6.29 Å². The molecule has 0 aliphatic carbocycles. The van der Waals surface area contributed by atoms with Crippen molar-refractivity contribution in [1.29, 1.82) is 0 Å². The molecule has 3 heteroatoms. The normalized spacial score (nSPS) is 10.4. The average molecular weight is 269 g/mol. The lowest BCUT2D eigenvalue weighted by Crippen LogP contribution is -2.00. The van der Waals surface area contributed by atoms with Crippen molar-refractivity contribution in [2.24, 2.45) is 0 Å². The minimum atomic E-state index is -0.175. The monoisotopic (exact) mass is 269 g/mol. The van der Waals surface area contributed by atoms with Gasteiger partial charge < -0.3 is 4.74 Å². The lowest BCUT2D eigenvalue weighted by molar-refractivity contribution is -0.141. The van der Waals surface area contributed by atoms with Crippen LogP contribution in [0.5, 0.6) is 0 Å². The second kappa shape index (κ2) is 15.2. The Kier molecular flexibility index (Phi) is 14.5. The molecule has 0 aromatic rings. The first-order valence-corrected chi connectivity index (χ1v) is 7.75. The van der Waals surface area contributed by atoms with E-state index in [4.69, 9.17) is 4.74 Å². The molecule has 0 aliphatic rings. The van der Waals surface area contributed by atoms with Gasteiger partial charge in [0.05, 0.1) is 6.61 Å². The quantitative estimate of drug-likeness (QED) is 0.348. The first kappa shape index (κ1) is 18.1. The van der Waals surface area contributed by atoms with Crippen LogP contribution in [0.15, 0.2) is 0 Å². The zero-order chi connectivity index (χ0) is 14.2.